The minimum atomic E-state index is -2.29. The molecular formula is C44H75NO36. The number of aliphatic hydroxyl groups is 22. The van der Waals surface area contributed by atoms with Crippen LogP contribution in [0.2, 0.25) is 0 Å². The summed E-state index contributed by atoms with van der Waals surface area (Å²) in [7, 11) is 0. The van der Waals surface area contributed by atoms with E-state index in [0.29, 0.717) is 0 Å². The van der Waals surface area contributed by atoms with Crippen LogP contribution in [0, 0.1) is 0 Å². The summed E-state index contributed by atoms with van der Waals surface area (Å²) in [4.78, 5) is 12.0. The van der Waals surface area contributed by atoms with Crippen LogP contribution in [-0.2, 0) is 66.4 Å². The number of aliphatic hydroxyl groups excluding tert-OH is 22. The van der Waals surface area contributed by atoms with Crippen molar-refractivity contribution < 1.29 is 179 Å². The lowest BCUT2D eigenvalue weighted by molar-refractivity contribution is -0.387. The SMILES string of the molecule is CC(=O)N[C@H]1C(O)O[C@H](CO)[C@@H](O[C@@H]2O[C@H](CO[C@H]3O[C@H](CO[C@H]4O[C@H](CO)[C@@H](O)[C@H](O)[C@@H]4O[C@H]4O[C@H](CO)[C@@H](O)[C@H](O)[C@@H]4O)[C@@H](O)[C@H](O[C@H]4O[C@H](CO)[C@@H](O)[C@H](O)[C@@H]4O)[C@@H]3O)[C@@H](O)[C@H](O[C@H]3O[C@H](CO)[C@@H](O)[C@H](O)[C@@H]3O)[C@@H]2O)[C@@H]1O. The van der Waals surface area contributed by atoms with Gasteiger partial charge in [0.25, 0.3) is 0 Å². The molecule has 7 saturated heterocycles. The Hall–Kier alpha value is -1.93. The zero-order valence-corrected chi connectivity index (χ0v) is 42.7. The lowest BCUT2D eigenvalue weighted by Gasteiger charge is -2.49. The van der Waals surface area contributed by atoms with Crippen LogP contribution in [0.15, 0.2) is 0 Å². The molecular weight excluding hydrogens is 1120 g/mol. The molecule has 7 fully saturated rings. The van der Waals surface area contributed by atoms with Crippen molar-refractivity contribution in [1.29, 1.82) is 0 Å². The maximum absolute atomic E-state index is 12.0. The van der Waals surface area contributed by atoms with Gasteiger partial charge in [0.05, 0.1) is 46.2 Å². The Bertz CT molecular complexity index is 1940. The molecule has 0 aliphatic carbocycles. The van der Waals surface area contributed by atoms with Crippen molar-refractivity contribution in [3.05, 3.63) is 0 Å². The van der Waals surface area contributed by atoms with E-state index < -0.39 is 267 Å². The van der Waals surface area contributed by atoms with E-state index in [1.807, 2.05) is 0 Å². The topological polar surface area (TPSA) is 594 Å². The first kappa shape index (κ1) is 66.6. The zero-order valence-electron chi connectivity index (χ0n) is 42.7. The lowest BCUT2D eigenvalue weighted by Crippen LogP contribution is -2.68. The first-order chi connectivity index (χ1) is 38.3. The van der Waals surface area contributed by atoms with Gasteiger partial charge in [-0.25, -0.2) is 0 Å². The fourth-order valence-corrected chi connectivity index (χ4v) is 10.2. The Morgan fingerprint density at radius 3 is 1.05 bits per heavy atom. The molecule has 0 aromatic rings. The van der Waals surface area contributed by atoms with Crippen molar-refractivity contribution >= 4 is 5.91 Å². The number of carbonyl (C=O) groups is 1. The van der Waals surface area contributed by atoms with Crippen LogP contribution < -0.4 is 5.32 Å². The molecule has 0 aromatic carbocycles. The third-order valence-electron chi connectivity index (χ3n) is 14.9. The smallest absolute Gasteiger partial charge is 0.217 e. The predicted molar refractivity (Wildman–Crippen MR) is 243 cm³/mol. The number of amides is 1. The molecule has 7 aliphatic heterocycles. The van der Waals surface area contributed by atoms with Crippen LogP contribution in [0.5, 0.6) is 0 Å². The van der Waals surface area contributed by atoms with Gasteiger partial charge in [0.2, 0.25) is 5.91 Å². The van der Waals surface area contributed by atoms with Crippen molar-refractivity contribution in [2.75, 3.05) is 46.2 Å². The van der Waals surface area contributed by atoms with Crippen LogP contribution in [-0.4, -0.2) is 379 Å². The molecule has 35 atom stereocenters. The second-order valence-corrected chi connectivity index (χ2v) is 20.4. The monoisotopic (exact) mass is 1190 g/mol. The van der Waals surface area contributed by atoms with Gasteiger partial charge in [-0.2, -0.15) is 0 Å². The molecule has 0 bridgehead atoms. The van der Waals surface area contributed by atoms with Gasteiger partial charge in [-0.3, -0.25) is 4.79 Å². The lowest BCUT2D eigenvalue weighted by atomic mass is 9.95. The number of ether oxygens (including phenoxy) is 13. The largest absolute Gasteiger partial charge is 0.394 e. The van der Waals surface area contributed by atoms with Gasteiger partial charge in [0.1, 0.15) is 171 Å². The number of hydrogen-bond donors (Lipinski definition) is 23. The second-order valence-electron chi connectivity index (χ2n) is 20.4. The Balaban J connectivity index is 1.17. The van der Waals surface area contributed by atoms with Crippen LogP contribution >= 0.6 is 0 Å². The average molecular weight is 1190 g/mol. The molecule has 0 spiro atoms. The highest BCUT2D eigenvalue weighted by molar-refractivity contribution is 5.73. The summed E-state index contributed by atoms with van der Waals surface area (Å²) in [5.41, 5.74) is 0. The molecule has 1 amide bonds. The van der Waals surface area contributed by atoms with Gasteiger partial charge in [0, 0.05) is 6.92 Å². The number of hydrogen-bond acceptors (Lipinski definition) is 36. The van der Waals surface area contributed by atoms with Crippen LogP contribution in [0.4, 0.5) is 0 Å². The highest BCUT2D eigenvalue weighted by atomic mass is 16.8. The van der Waals surface area contributed by atoms with E-state index in [-0.39, 0.29) is 0 Å². The number of rotatable bonds is 20. The fourth-order valence-electron chi connectivity index (χ4n) is 10.2. The first-order valence-electron chi connectivity index (χ1n) is 25.6. The normalized spacial score (nSPS) is 51.9. The van der Waals surface area contributed by atoms with E-state index in [2.05, 4.69) is 5.32 Å². The molecule has 0 saturated carbocycles. The van der Waals surface area contributed by atoms with Gasteiger partial charge >= 0.3 is 0 Å². The molecule has 37 heteroatoms. The molecule has 7 rings (SSSR count). The first-order valence-corrected chi connectivity index (χ1v) is 25.6. The number of carbonyl (C=O) groups excluding carboxylic acids is 1. The maximum atomic E-state index is 12.0. The Morgan fingerprint density at radius 1 is 0.321 bits per heavy atom. The highest BCUT2D eigenvalue weighted by Gasteiger charge is 2.57. The summed E-state index contributed by atoms with van der Waals surface area (Å²) in [6, 6.07) is -1.64. The van der Waals surface area contributed by atoms with Gasteiger partial charge in [-0.05, 0) is 0 Å². The van der Waals surface area contributed by atoms with Gasteiger partial charge in [-0.15, -0.1) is 0 Å². The van der Waals surface area contributed by atoms with Crippen molar-refractivity contribution in [3.8, 4) is 0 Å². The predicted octanol–water partition coefficient (Wildman–Crippen LogP) is -16.1. The van der Waals surface area contributed by atoms with E-state index >= 15 is 0 Å². The Kier molecular flexibility index (Phi) is 23.6. The van der Waals surface area contributed by atoms with E-state index in [0.717, 1.165) is 6.92 Å². The summed E-state index contributed by atoms with van der Waals surface area (Å²) in [5, 5.41) is 238. The van der Waals surface area contributed by atoms with E-state index in [1.54, 1.807) is 0 Å². The summed E-state index contributed by atoms with van der Waals surface area (Å²) in [6.07, 6.45) is -67.6. The highest BCUT2D eigenvalue weighted by Crippen LogP contribution is 2.36. The van der Waals surface area contributed by atoms with Crippen molar-refractivity contribution in [2.45, 2.75) is 222 Å². The van der Waals surface area contributed by atoms with Crippen LogP contribution in [0.25, 0.3) is 0 Å². The minimum Gasteiger partial charge on any atom is -0.394 e. The molecule has 81 heavy (non-hydrogen) atoms. The molecule has 1 unspecified atom stereocenters. The summed E-state index contributed by atoms with van der Waals surface area (Å²) >= 11 is 0. The van der Waals surface area contributed by atoms with E-state index in [9.17, 15) is 117 Å². The molecule has 0 aromatic heterocycles. The standard InChI is InChI=1S/C44H75NO36/c1-9(51)45-17-24(58)34(14(6-50)71-38(17)68)78-43-33(67)36(80-41-30(64)26(60)19(53)11(3-47)73-41)23(57)16(77-43)7-69-39-32(66)35(79-40-29(63)25(59)18(52)10(2-46)72-40)22(56)15(76-39)8-70-44-37(28(62)21(55)13(5-49)75-44)81-42-31(65)27(61)20(54)12(4-48)74-42/h10-44,46-50,52-68H,2-8H2,1H3,(H,45,51)/t10-,11-,12-,13-,14-,15-,16-,17-,18-,19-,20-,21-,22-,23-,24-,25+,26+,27+,28+,29+,30+,31+,32+,33+,34-,35+,36+,37+,38?,39+,40-,41-,42-,43+,44+/m1/s1. The third-order valence-corrected chi connectivity index (χ3v) is 14.9. The Morgan fingerprint density at radius 2 is 0.642 bits per heavy atom. The van der Waals surface area contributed by atoms with E-state index in [1.165, 1.54) is 0 Å². The van der Waals surface area contributed by atoms with E-state index in [4.69, 9.17) is 61.6 Å². The van der Waals surface area contributed by atoms with Crippen molar-refractivity contribution in [1.82, 2.24) is 5.32 Å². The van der Waals surface area contributed by atoms with Gasteiger partial charge < -0.3 is 179 Å². The molecule has 472 valence electrons. The second kappa shape index (κ2) is 28.7. The molecule has 0 radical (unpaired) electrons. The summed E-state index contributed by atoms with van der Waals surface area (Å²) < 4.78 is 73.8. The molecule has 7 aliphatic rings. The average Bonchev–Trinajstić information content (AvgIpc) is 3.52. The van der Waals surface area contributed by atoms with Gasteiger partial charge in [0.15, 0.2) is 44.0 Å². The molecule has 23 N–H and O–H groups in total. The quantitative estimate of drug-likeness (QED) is 0.0538. The number of nitrogens with one attached hydrogen (secondary N) is 1. The van der Waals surface area contributed by atoms with Crippen LogP contribution in [0.1, 0.15) is 6.92 Å². The van der Waals surface area contributed by atoms with Gasteiger partial charge in [-0.1, -0.05) is 0 Å². The van der Waals surface area contributed by atoms with Crippen LogP contribution in [0.3, 0.4) is 0 Å². The maximum Gasteiger partial charge on any atom is 0.217 e. The van der Waals surface area contributed by atoms with Crippen molar-refractivity contribution in [3.63, 3.8) is 0 Å². The fraction of sp³-hybridized carbons (Fsp3) is 0.977. The third kappa shape index (κ3) is 14.2. The van der Waals surface area contributed by atoms with Crippen molar-refractivity contribution in [2.24, 2.45) is 0 Å². The zero-order chi connectivity index (χ0) is 59.6. The summed E-state index contributed by atoms with van der Waals surface area (Å²) in [5.74, 6) is -0.777. The Labute approximate surface area is 457 Å². The minimum absolute atomic E-state index is 0.777. The molecule has 7 heterocycles. The summed E-state index contributed by atoms with van der Waals surface area (Å²) in [6.45, 7) is -5.86. The molecule has 37 nitrogen and oxygen atoms in total.